The Kier molecular flexibility index (Phi) is 10.4. The number of hydrogen-bond donors (Lipinski definition) is 0. The largest absolute Gasteiger partial charge is 0.307 e. The van der Waals surface area contributed by atoms with Gasteiger partial charge in [-0.15, -0.1) is 0 Å². The van der Waals surface area contributed by atoms with Crippen LogP contribution in [0.5, 0.6) is 0 Å². The van der Waals surface area contributed by atoms with Crippen molar-refractivity contribution in [2.45, 2.75) is 71.1 Å². The van der Waals surface area contributed by atoms with E-state index in [-0.39, 0.29) is 5.91 Å². The average molecular weight is 421 g/mol. The summed E-state index contributed by atoms with van der Waals surface area (Å²) in [6.07, 6.45) is 14.8. The van der Waals surface area contributed by atoms with Crippen molar-refractivity contribution in [3.8, 4) is 0 Å². The fraction of sp³-hybridized carbons (Fsp3) is 0.706. The van der Waals surface area contributed by atoms with Gasteiger partial charge < -0.3 is 4.90 Å². The van der Waals surface area contributed by atoms with E-state index in [1.165, 1.54) is 57.8 Å². The molecule has 0 saturated carbocycles. The maximum Gasteiger partial charge on any atom is 0.252 e. The van der Waals surface area contributed by atoms with Crippen LogP contribution in [-0.4, -0.2) is 17.4 Å². The summed E-state index contributed by atoms with van der Waals surface area (Å²) >= 11 is 6.74. The minimum Gasteiger partial charge on any atom is -0.307 e. The molecule has 0 spiro atoms. The molecule has 0 fully saturated rings. The monoisotopic (exact) mass is 419 g/mol. The third-order valence-corrected chi connectivity index (χ3v) is 4.96. The maximum atomic E-state index is 11.8. The topological polar surface area (TPSA) is 20.3 Å². The van der Waals surface area contributed by atoms with Crippen LogP contribution in [0, 0.1) is 0 Å². The van der Waals surface area contributed by atoms with Gasteiger partial charge in [0, 0.05) is 22.1 Å². The van der Waals surface area contributed by atoms with E-state index in [9.17, 15) is 4.79 Å². The molecule has 0 aromatic heterocycles. The smallest absolute Gasteiger partial charge is 0.252 e. The zero-order valence-electron chi connectivity index (χ0n) is 13.0. The van der Waals surface area contributed by atoms with Crippen LogP contribution in [0.2, 0.25) is 0 Å². The fourth-order valence-electron chi connectivity index (χ4n) is 2.61. The molecule has 0 aromatic carbocycles. The van der Waals surface area contributed by atoms with E-state index >= 15 is 0 Å². The van der Waals surface area contributed by atoms with Crippen LogP contribution in [-0.2, 0) is 4.79 Å². The Morgan fingerprint density at radius 1 is 1.00 bits per heavy atom. The first-order valence-electron chi connectivity index (χ1n) is 8.20. The summed E-state index contributed by atoms with van der Waals surface area (Å²) in [6, 6.07) is 0. The average Bonchev–Trinajstić information content (AvgIpc) is 2.74. The van der Waals surface area contributed by atoms with E-state index in [2.05, 4.69) is 38.8 Å². The molecule has 4 heteroatoms. The summed E-state index contributed by atoms with van der Waals surface area (Å²) in [5.41, 5.74) is 0.941. The van der Waals surface area contributed by atoms with Crippen molar-refractivity contribution in [3.05, 3.63) is 21.2 Å². The van der Waals surface area contributed by atoms with E-state index in [1.807, 2.05) is 9.89 Å². The molecular formula is C17H27Br2NO. The highest BCUT2D eigenvalue weighted by Crippen LogP contribution is 2.29. The second-order valence-electron chi connectivity index (χ2n) is 5.66. The highest BCUT2D eigenvalue weighted by atomic mass is 79.9. The Labute approximate surface area is 146 Å². The molecule has 1 heterocycles. The van der Waals surface area contributed by atoms with Crippen molar-refractivity contribution in [1.29, 1.82) is 0 Å². The summed E-state index contributed by atoms with van der Waals surface area (Å²) in [7, 11) is 0. The number of unbranched alkanes of at least 4 members (excludes halogenated alkanes) is 9. The molecule has 0 aromatic rings. The van der Waals surface area contributed by atoms with Gasteiger partial charge in [-0.3, -0.25) is 4.79 Å². The Hall–Kier alpha value is -0.0900. The normalized spacial score (nSPS) is 16.9. The van der Waals surface area contributed by atoms with Crippen LogP contribution in [0.4, 0.5) is 0 Å². The number of halogens is 2. The van der Waals surface area contributed by atoms with E-state index in [0.29, 0.717) is 0 Å². The molecule has 0 N–H and O–H groups in total. The standard InChI is InChI=1S/C17H27Br2NO/c1-2-3-4-5-6-7-8-9-10-11-12-20-16(14-18)15(19)13-17(20)21/h13-14H,2-12H2,1H3/b16-14-. The van der Waals surface area contributed by atoms with E-state index in [4.69, 9.17) is 0 Å². The summed E-state index contributed by atoms with van der Waals surface area (Å²) in [5, 5.41) is 0. The van der Waals surface area contributed by atoms with Crippen LogP contribution in [0.3, 0.4) is 0 Å². The number of rotatable bonds is 11. The zero-order chi connectivity index (χ0) is 15.5. The number of allylic oxidation sites excluding steroid dienone is 1. The van der Waals surface area contributed by atoms with Gasteiger partial charge in [-0.25, -0.2) is 0 Å². The lowest BCUT2D eigenvalue weighted by atomic mass is 10.1. The minimum atomic E-state index is 0.0866. The summed E-state index contributed by atoms with van der Waals surface area (Å²) in [5.74, 6) is 0.0866. The molecule has 120 valence electrons. The van der Waals surface area contributed by atoms with Gasteiger partial charge >= 0.3 is 0 Å². The number of hydrogen-bond acceptors (Lipinski definition) is 1. The van der Waals surface area contributed by atoms with Crippen LogP contribution in [0.1, 0.15) is 71.1 Å². The molecule has 1 rings (SSSR count). The Balaban J connectivity index is 2.01. The number of carbonyl (C=O) groups excluding carboxylic acids is 1. The quantitative estimate of drug-likeness (QED) is 0.361. The highest BCUT2D eigenvalue weighted by Gasteiger charge is 2.24. The predicted octanol–water partition coefficient (Wildman–Crippen LogP) is 6.26. The highest BCUT2D eigenvalue weighted by molar-refractivity contribution is 9.12. The molecule has 0 atom stereocenters. The molecule has 0 unspecified atom stereocenters. The first-order chi connectivity index (χ1) is 10.2. The van der Waals surface area contributed by atoms with Crippen LogP contribution in [0.15, 0.2) is 21.2 Å². The lowest BCUT2D eigenvalue weighted by Crippen LogP contribution is -2.25. The molecule has 2 nitrogen and oxygen atoms in total. The second-order valence-corrected chi connectivity index (χ2v) is 6.97. The molecule has 0 saturated heterocycles. The van der Waals surface area contributed by atoms with Crippen molar-refractivity contribution in [2.24, 2.45) is 0 Å². The van der Waals surface area contributed by atoms with Crippen LogP contribution in [0.25, 0.3) is 0 Å². The Bertz CT molecular complexity index is 377. The van der Waals surface area contributed by atoms with Crippen molar-refractivity contribution in [1.82, 2.24) is 4.90 Å². The van der Waals surface area contributed by atoms with Crippen molar-refractivity contribution >= 4 is 37.8 Å². The van der Waals surface area contributed by atoms with Gasteiger partial charge in [0.25, 0.3) is 5.91 Å². The molecule has 1 amide bonds. The number of carbonyl (C=O) groups is 1. The zero-order valence-corrected chi connectivity index (χ0v) is 16.2. The van der Waals surface area contributed by atoms with E-state index in [0.717, 1.165) is 23.1 Å². The molecular weight excluding hydrogens is 394 g/mol. The maximum absolute atomic E-state index is 11.8. The Morgan fingerprint density at radius 2 is 1.52 bits per heavy atom. The molecule has 0 aliphatic carbocycles. The SMILES string of the molecule is CCCCCCCCCCCCN1C(=O)C=C(Br)/C1=C/Br. The molecule has 21 heavy (non-hydrogen) atoms. The molecule has 0 bridgehead atoms. The summed E-state index contributed by atoms with van der Waals surface area (Å²) in [4.78, 5) is 15.5. The first-order valence-corrected chi connectivity index (χ1v) is 9.91. The molecule has 1 aliphatic heterocycles. The predicted molar refractivity (Wildman–Crippen MR) is 97.6 cm³/mol. The Morgan fingerprint density at radius 3 is 2.05 bits per heavy atom. The second kappa shape index (κ2) is 11.5. The number of amides is 1. The summed E-state index contributed by atoms with van der Waals surface area (Å²) < 4.78 is 0.872. The first kappa shape index (κ1) is 19.0. The van der Waals surface area contributed by atoms with Crippen LogP contribution >= 0.6 is 31.9 Å². The third-order valence-electron chi connectivity index (χ3n) is 3.89. The van der Waals surface area contributed by atoms with Crippen LogP contribution < -0.4 is 0 Å². The third kappa shape index (κ3) is 7.14. The minimum absolute atomic E-state index is 0.0866. The van der Waals surface area contributed by atoms with Crippen molar-refractivity contribution in [2.75, 3.05) is 6.54 Å². The lowest BCUT2D eigenvalue weighted by Gasteiger charge is -2.18. The summed E-state index contributed by atoms with van der Waals surface area (Å²) in [6.45, 7) is 3.08. The van der Waals surface area contributed by atoms with Gasteiger partial charge in [0.1, 0.15) is 0 Å². The van der Waals surface area contributed by atoms with Gasteiger partial charge in [0.15, 0.2) is 0 Å². The van der Waals surface area contributed by atoms with Gasteiger partial charge in [0.2, 0.25) is 0 Å². The van der Waals surface area contributed by atoms with E-state index < -0.39 is 0 Å². The van der Waals surface area contributed by atoms with Gasteiger partial charge in [-0.2, -0.15) is 0 Å². The van der Waals surface area contributed by atoms with Crippen molar-refractivity contribution < 1.29 is 4.79 Å². The van der Waals surface area contributed by atoms with Gasteiger partial charge in [-0.1, -0.05) is 80.6 Å². The molecule has 1 aliphatic rings. The fourth-order valence-corrected chi connectivity index (χ4v) is 3.93. The van der Waals surface area contributed by atoms with Crippen molar-refractivity contribution in [3.63, 3.8) is 0 Å². The van der Waals surface area contributed by atoms with E-state index in [1.54, 1.807) is 6.08 Å². The van der Waals surface area contributed by atoms with Gasteiger partial charge in [-0.05, 0) is 22.4 Å². The molecule has 0 radical (unpaired) electrons. The van der Waals surface area contributed by atoms with Gasteiger partial charge in [0.05, 0.1) is 5.70 Å². The lowest BCUT2D eigenvalue weighted by molar-refractivity contribution is -0.123. The number of nitrogens with zero attached hydrogens (tertiary/aromatic N) is 1.